The fourth-order valence-corrected chi connectivity index (χ4v) is 1.47. The summed E-state index contributed by atoms with van der Waals surface area (Å²) in [7, 11) is 1.32. The second kappa shape index (κ2) is 4.07. The Balaban J connectivity index is 0.00000121. The predicted molar refractivity (Wildman–Crippen MR) is 46.0 cm³/mol. The number of ether oxygens (including phenoxy) is 1. The monoisotopic (exact) mass is 195 g/mol. The second-order valence-electron chi connectivity index (χ2n) is 3.10. The first kappa shape index (κ1) is 11.7. The van der Waals surface area contributed by atoms with Crippen molar-refractivity contribution in [2.24, 2.45) is 11.7 Å². The Morgan fingerprint density at radius 1 is 1.75 bits per heavy atom. The lowest BCUT2D eigenvalue weighted by atomic mass is 9.69. The molecule has 1 fully saturated rings. The van der Waals surface area contributed by atoms with Crippen molar-refractivity contribution in [1.29, 1.82) is 0 Å². The number of rotatable bonds is 2. The highest BCUT2D eigenvalue weighted by Crippen LogP contribution is 2.35. The Hall–Kier alpha value is -0.320. The number of halogens is 1. The first-order valence-corrected chi connectivity index (χ1v) is 3.60. The van der Waals surface area contributed by atoms with Gasteiger partial charge in [-0.1, -0.05) is 0 Å². The highest BCUT2D eigenvalue weighted by Gasteiger charge is 2.47. The van der Waals surface area contributed by atoms with E-state index in [1.807, 2.05) is 0 Å². The zero-order chi connectivity index (χ0) is 8.48. The largest absolute Gasteiger partial charge is 0.468 e. The van der Waals surface area contributed by atoms with Gasteiger partial charge in [0, 0.05) is 6.61 Å². The van der Waals surface area contributed by atoms with Crippen molar-refractivity contribution in [2.45, 2.75) is 18.4 Å². The van der Waals surface area contributed by atoms with Gasteiger partial charge in [0.25, 0.3) is 0 Å². The number of hydrogen-bond acceptors (Lipinski definition) is 4. The molecule has 0 bridgehead atoms. The van der Waals surface area contributed by atoms with Crippen molar-refractivity contribution in [3.05, 3.63) is 0 Å². The van der Waals surface area contributed by atoms with Crippen LogP contribution in [0.15, 0.2) is 0 Å². The predicted octanol–water partition coefficient (Wildman–Crippen LogP) is -0.319. The van der Waals surface area contributed by atoms with Crippen molar-refractivity contribution in [1.82, 2.24) is 0 Å². The molecule has 1 aliphatic rings. The van der Waals surface area contributed by atoms with Crippen LogP contribution in [0.2, 0.25) is 0 Å². The second-order valence-corrected chi connectivity index (χ2v) is 3.10. The third kappa shape index (κ3) is 1.88. The van der Waals surface area contributed by atoms with Gasteiger partial charge in [0.2, 0.25) is 0 Å². The summed E-state index contributed by atoms with van der Waals surface area (Å²) in [6.45, 7) is 0.107. The van der Waals surface area contributed by atoms with Crippen molar-refractivity contribution in [3.8, 4) is 0 Å². The van der Waals surface area contributed by atoms with Crippen LogP contribution in [0.4, 0.5) is 0 Å². The number of esters is 1. The van der Waals surface area contributed by atoms with Crippen LogP contribution < -0.4 is 5.73 Å². The zero-order valence-corrected chi connectivity index (χ0v) is 7.76. The van der Waals surface area contributed by atoms with Crippen LogP contribution in [-0.2, 0) is 9.53 Å². The van der Waals surface area contributed by atoms with Crippen LogP contribution in [-0.4, -0.2) is 30.3 Å². The molecular weight excluding hydrogens is 182 g/mol. The topological polar surface area (TPSA) is 72.5 Å². The van der Waals surface area contributed by atoms with E-state index in [9.17, 15) is 4.79 Å². The van der Waals surface area contributed by atoms with Gasteiger partial charge in [-0.25, -0.2) is 0 Å². The van der Waals surface area contributed by atoms with E-state index in [4.69, 9.17) is 10.8 Å². The molecule has 12 heavy (non-hydrogen) atoms. The molecule has 0 aliphatic heterocycles. The van der Waals surface area contributed by atoms with Crippen LogP contribution in [0.3, 0.4) is 0 Å². The van der Waals surface area contributed by atoms with Crippen molar-refractivity contribution < 1.29 is 14.6 Å². The molecule has 0 aromatic heterocycles. The molecule has 1 aliphatic carbocycles. The summed E-state index contributed by atoms with van der Waals surface area (Å²) < 4.78 is 4.50. The molecular formula is C7H14ClNO3. The van der Waals surface area contributed by atoms with E-state index in [0.29, 0.717) is 12.8 Å². The van der Waals surface area contributed by atoms with E-state index < -0.39 is 5.54 Å². The van der Waals surface area contributed by atoms with Crippen LogP contribution in [0.25, 0.3) is 0 Å². The number of methoxy groups -OCH3 is 1. The SMILES string of the molecule is COC(=O)C1(N)CC(CO)C1.Cl. The first-order chi connectivity index (χ1) is 5.12. The number of hydrogen-bond donors (Lipinski definition) is 2. The highest BCUT2D eigenvalue weighted by molar-refractivity contribution is 5.85. The maximum atomic E-state index is 10.9. The maximum absolute atomic E-state index is 10.9. The van der Waals surface area contributed by atoms with Crippen LogP contribution in [0, 0.1) is 5.92 Å². The summed E-state index contributed by atoms with van der Waals surface area (Å²) in [6.07, 6.45) is 1.08. The quantitative estimate of drug-likeness (QED) is 0.593. The zero-order valence-electron chi connectivity index (χ0n) is 6.95. The summed E-state index contributed by atoms with van der Waals surface area (Å²) in [5, 5.41) is 8.67. The first-order valence-electron chi connectivity index (χ1n) is 3.60. The summed E-state index contributed by atoms with van der Waals surface area (Å²) in [4.78, 5) is 10.9. The summed E-state index contributed by atoms with van der Waals surface area (Å²) in [5.41, 5.74) is 4.82. The molecule has 0 aromatic carbocycles. The minimum atomic E-state index is -0.817. The molecule has 1 rings (SSSR count). The molecule has 0 atom stereocenters. The third-order valence-electron chi connectivity index (χ3n) is 2.16. The molecule has 0 heterocycles. The molecule has 3 N–H and O–H groups in total. The van der Waals surface area contributed by atoms with E-state index in [-0.39, 0.29) is 30.9 Å². The smallest absolute Gasteiger partial charge is 0.325 e. The molecule has 0 aromatic rings. The minimum absolute atomic E-state index is 0. The molecule has 5 heteroatoms. The van der Waals surface area contributed by atoms with Gasteiger partial charge >= 0.3 is 5.97 Å². The normalized spacial score (nSPS) is 33.1. The van der Waals surface area contributed by atoms with Crippen molar-refractivity contribution in [2.75, 3.05) is 13.7 Å². The van der Waals surface area contributed by atoms with Gasteiger partial charge in [-0.15, -0.1) is 12.4 Å². The third-order valence-corrected chi connectivity index (χ3v) is 2.16. The van der Waals surface area contributed by atoms with Gasteiger partial charge in [0.1, 0.15) is 5.54 Å². The molecule has 0 unspecified atom stereocenters. The Labute approximate surface area is 77.5 Å². The van der Waals surface area contributed by atoms with Crippen molar-refractivity contribution in [3.63, 3.8) is 0 Å². The summed E-state index contributed by atoms with van der Waals surface area (Å²) in [5.74, 6) is -0.193. The van der Waals surface area contributed by atoms with Crippen LogP contribution in [0.5, 0.6) is 0 Å². The van der Waals surface area contributed by atoms with Gasteiger partial charge < -0.3 is 15.6 Å². The average molecular weight is 196 g/mol. The standard InChI is InChI=1S/C7H13NO3.ClH/c1-11-6(10)7(8)2-5(3-7)4-9;/h5,9H,2-4,8H2,1H3;1H. The lowest BCUT2D eigenvalue weighted by Gasteiger charge is -2.41. The molecule has 0 spiro atoms. The molecule has 0 amide bonds. The van der Waals surface area contributed by atoms with E-state index in [1.54, 1.807) is 0 Å². The Bertz CT molecular complexity index is 168. The Morgan fingerprint density at radius 2 is 2.25 bits per heavy atom. The van der Waals surface area contributed by atoms with Gasteiger partial charge in [0.15, 0.2) is 0 Å². The number of carbonyl (C=O) groups is 1. The molecule has 1 saturated carbocycles. The minimum Gasteiger partial charge on any atom is -0.468 e. The number of aliphatic hydroxyl groups is 1. The lowest BCUT2D eigenvalue weighted by Crippen LogP contribution is -2.59. The number of aliphatic hydroxyl groups excluding tert-OH is 1. The van der Waals surface area contributed by atoms with E-state index in [2.05, 4.69) is 4.74 Å². The summed E-state index contributed by atoms with van der Waals surface area (Å²) in [6, 6.07) is 0. The van der Waals surface area contributed by atoms with Gasteiger partial charge in [-0.3, -0.25) is 4.79 Å². The van der Waals surface area contributed by atoms with Gasteiger partial charge in [-0.2, -0.15) is 0 Å². The summed E-state index contributed by atoms with van der Waals surface area (Å²) >= 11 is 0. The van der Waals surface area contributed by atoms with Crippen LogP contribution >= 0.6 is 12.4 Å². The Morgan fingerprint density at radius 3 is 2.58 bits per heavy atom. The number of nitrogens with two attached hydrogens (primary N) is 1. The molecule has 72 valence electrons. The van der Waals surface area contributed by atoms with E-state index in [1.165, 1.54) is 7.11 Å². The number of carbonyl (C=O) groups excluding carboxylic acids is 1. The molecule has 4 nitrogen and oxygen atoms in total. The van der Waals surface area contributed by atoms with Crippen molar-refractivity contribution >= 4 is 18.4 Å². The molecule has 0 radical (unpaired) electrons. The Kier molecular flexibility index (Phi) is 3.96. The molecule has 0 saturated heterocycles. The fraction of sp³-hybridized carbons (Fsp3) is 0.857. The average Bonchev–Trinajstić information content (AvgIpc) is 1.96. The maximum Gasteiger partial charge on any atom is 0.325 e. The van der Waals surface area contributed by atoms with E-state index in [0.717, 1.165) is 0 Å². The highest BCUT2D eigenvalue weighted by atomic mass is 35.5. The van der Waals surface area contributed by atoms with E-state index >= 15 is 0 Å². The van der Waals surface area contributed by atoms with Gasteiger partial charge in [-0.05, 0) is 18.8 Å². The van der Waals surface area contributed by atoms with Crippen LogP contribution in [0.1, 0.15) is 12.8 Å². The lowest BCUT2D eigenvalue weighted by molar-refractivity contribution is -0.153. The fourth-order valence-electron chi connectivity index (χ4n) is 1.47. The van der Waals surface area contributed by atoms with Gasteiger partial charge in [0.05, 0.1) is 7.11 Å².